The van der Waals surface area contributed by atoms with E-state index < -0.39 is 23.7 Å². The number of hydrogen-bond donors (Lipinski definition) is 1. The first-order chi connectivity index (χ1) is 10.2. The molecule has 0 aromatic carbocycles. The molecule has 0 spiro atoms. The summed E-state index contributed by atoms with van der Waals surface area (Å²) in [5.74, 6) is -0.217. The fraction of sp³-hybridized carbons (Fsp3) is 0.812. The predicted molar refractivity (Wildman–Crippen MR) is 81.4 cm³/mol. The Balaban J connectivity index is 2.65. The molecular formula is C16H27NO5. The highest BCUT2D eigenvalue weighted by Gasteiger charge is 2.29. The SMILES string of the molecule is CC1CC(CC=O)CCC[C@H](NC(=O)OC(C)(C)C)C(=O)O1. The van der Waals surface area contributed by atoms with Crippen LogP contribution in [0.5, 0.6) is 0 Å². The largest absolute Gasteiger partial charge is 0.461 e. The summed E-state index contributed by atoms with van der Waals surface area (Å²) in [6.07, 6.45) is 3.25. The highest BCUT2D eigenvalue weighted by atomic mass is 16.6. The van der Waals surface area contributed by atoms with E-state index in [0.717, 1.165) is 19.1 Å². The van der Waals surface area contributed by atoms with Crippen LogP contribution in [0.15, 0.2) is 0 Å². The minimum atomic E-state index is -0.702. The van der Waals surface area contributed by atoms with Crippen LogP contribution in [-0.2, 0) is 19.1 Å². The van der Waals surface area contributed by atoms with Gasteiger partial charge in [-0.25, -0.2) is 9.59 Å². The molecule has 0 saturated carbocycles. The van der Waals surface area contributed by atoms with Crippen LogP contribution < -0.4 is 5.32 Å². The molecule has 6 nitrogen and oxygen atoms in total. The van der Waals surface area contributed by atoms with Crippen LogP contribution in [0.3, 0.4) is 0 Å². The molecule has 0 bridgehead atoms. The third-order valence-corrected chi connectivity index (χ3v) is 3.49. The standard InChI is InChI=1S/C16H27NO5/c1-11-10-12(8-9-18)6-5-7-13(14(19)21-11)17-15(20)22-16(2,3)4/h9,11-13H,5-8,10H2,1-4H3,(H,17,20)/t11?,12?,13-/m0/s1. The van der Waals surface area contributed by atoms with Gasteiger partial charge in [-0.05, 0) is 52.9 Å². The minimum absolute atomic E-state index is 0.223. The third-order valence-electron chi connectivity index (χ3n) is 3.49. The molecule has 0 aliphatic carbocycles. The number of nitrogens with one attached hydrogen (secondary N) is 1. The Hall–Kier alpha value is -1.59. The van der Waals surface area contributed by atoms with Gasteiger partial charge >= 0.3 is 12.1 Å². The molecule has 0 aromatic heterocycles. The molecular weight excluding hydrogens is 286 g/mol. The Labute approximate surface area is 131 Å². The van der Waals surface area contributed by atoms with Crippen LogP contribution in [0.2, 0.25) is 0 Å². The zero-order valence-electron chi connectivity index (χ0n) is 13.9. The first-order valence-corrected chi connectivity index (χ1v) is 7.85. The van der Waals surface area contributed by atoms with Gasteiger partial charge in [0.2, 0.25) is 0 Å². The summed E-state index contributed by atoms with van der Waals surface area (Å²) >= 11 is 0. The summed E-state index contributed by atoms with van der Waals surface area (Å²) in [5.41, 5.74) is -0.616. The fourth-order valence-corrected chi connectivity index (χ4v) is 2.58. The molecule has 3 atom stereocenters. The highest BCUT2D eigenvalue weighted by molar-refractivity contribution is 5.81. The molecule has 0 aromatic rings. The van der Waals surface area contributed by atoms with Crippen LogP contribution >= 0.6 is 0 Å². The molecule has 0 radical (unpaired) electrons. The molecule has 2 unspecified atom stereocenters. The lowest BCUT2D eigenvalue weighted by molar-refractivity contribution is -0.151. The van der Waals surface area contributed by atoms with Crippen molar-refractivity contribution in [3.8, 4) is 0 Å². The predicted octanol–water partition coefficient (Wildman–Crippen LogP) is 2.59. The van der Waals surface area contributed by atoms with Crippen LogP contribution in [0, 0.1) is 5.92 Å². The second kappa shape index (κ2) is 8.15. The Kier molecular flexibility index (Phi) is 6.84. The van der Waals surface area contributed by atoms with E-state index in [0.29, 0.717) is 19.3 Å². The molecule has 1 aliphatic rings. The van der Waals surface area contributed by atoms with Crippen LogP contribution in [-0.4, -0.2) is 36.1 Å². The molecule has 1 fully saturated rings. The number of carbonyl (C=O) groups is 3. The molecule has 1 heterocycles. The second-order valence-corrected chi connectivity index (χ2v) is 6.88. The summed E-state index contributed by atoms with van der Waals surface area (Å²) in [4.78, 5) is 34.6. The monoisotopic (exact) mass is 313 g/mol. The first-order valence-electron chi connectivity index (χ1n) is 7.85. The van der Waals surface area contributed by atoms with Crippen LogP contribution in [0.4, 0.5) is 4.79 Å². The van der Waals surface area contributed by atoms with Crippen molar-refractivity contribution in [2.24, 2.45) is 5.92 Å². The average Bonchev–Trinajstić information content (AvgIpc) is 2.39. The maximum Gasteiger partial charge on any atom is 0.408 e. The molecule has 1 rings (SSSR count). The fourth-order valence-electron chi connectivity index (χ4n) is 2.58. The molecule has 1 aliphatic heterocycles. The Bertz CT molecular complexity index is 402. The number of hydrogen-bond acceptors (Lipinski definition) is 5. The number of cyclic esters (lactones) is 1. The van der Waals surface area contributed by atoms with E-state index in [1.807, 2.05) is 6.92 Å². The maximum absolute atomic E-state index is 12.1. The quantitative estimate of drug-likeness (QED) is 0.640. The van der Waals surface area contributed by atoms with Gasteiger partial charge in [-0.1, -0.05) is 6.42 Å². The van der Waals surface area contributed by atoms with E-state index in [9.17, 15) is 14.4 Å². The van der Waals surface area contributed by atoms with Gasteiger partial charge in [-0.15, -0.1) is 0 Å². The molecule has 6 heteroatoms. The topological polar surface area (TPSA) is 81.7 Å². The smallest absolute Gasteiger partial charge is 0.408 e. The lowest BCUT2D eigenvalue weighted by Gasteiger charge is -2.23. The average molecular weight is 313 g/mol. The maximum atomic E-state index is 12.1. The van der Waals surface area contributed by atoms with E-state index >= 15 is 0 Å². The van der Waals surface area contributed by atoms with Crippen molar-refractivity contribution >= 4 is 18.3 Å². The highest BCUT2D eigenvalue weighted by Crippen LogP contribution is 2.23. The Morgan fingerprint density at radius 2 is 2.09 bits per heavy atom. The third kappa shape index (κ3) is 6.91. The van der Waals surface area contributed by atoms with Crippen molar-refractivity contribution in [3.05, 3.63) is 0 Å². The normalized spacial score (nSPS) is 26.9. The minimum Gasteiger partial charge on any atom is -0.461 e. The van der Waals surface area contributed by atoms with Gasteiger partial charge in [-0.3, -0.25) is 0 Å². The summed E-state index contributed by atoms with van der Waals surface area (Å²) < 4.78 is 10.5. The van der Waals surface area contributed by atoms with Crippen molar-refractivity contribution in [2.45, 2.75) is 77.5 Å². The number of carbonyl (C=O) groups excluding carboxylic acids is 3. The zero-order valence-corrected chi connectivity index (χ0v) is 13.9. The number of esters is 1. The number of alkyl carbamates (subject to hydrolysis) is 1. The molecule has 22 heavy (non-hydrogen) atoms. The van der Waals surface area contributed by atoms with Crippen molar-refractivity contribution in [2.75, 3.05) is 0 Å². The zero-order chi connectivity index (χ0) is 16.8. The Morgan fingerprint density at radius 1 is 1.41 bits per heavy atom. The molecule has 1 amide bonds. The molecule has 1 saturated heterocycles. The lowest BCUT2D eigenvalue weighted by Crippen LogP contribution is -2.44. The first kappa shape index (κ1) is 18.5. The molecule has 126 valence electrons. The van der Waals surface area contributed by atoms with Crippen LogP contribution in [0.25, 0.3) is 0 Å². The lowest BCUT2D eigenvalue weighted by atomic mass is 9.93. The van der Waals surface area contributed by atoms with E-state index in [1.165, 1.54) is 0 Å². The van der Waals surface area contributed by atoms with E-state index in [-0.39, 0.29) is 12.0 Å². The van der Waals surface area contributed by atoms with Crippen LogP contribution in [0.1, 0.15) is 59.8 Å². The van der Waals surface area contributed by atoms with Crippen molar-refractivity contribution in [1.29, 1.82) is 0 Å². The van der Waals surface area contributed by atoms with Gasteiger partial charge in [0.1, 0.15) is 17.9 Å². The number of ether oxygens (including phenoxy) is 2. The summed E-state index contributed by atoms with van der Waals surface area (Å²) in [7, 11) is 0. The number of rotatable bonds is 3. The van der Waals surface area contributed by atoms with E-state index in [1.54, 1.807) is 20.8 Å². The van der Waals surface area contributed by atoms with Crippen molar-refractivity contribution < 1.29 is 23.9 Å². The summed E-state index contributed by atoms with van der Waals surface area (Å²) in [5, 5.41) is 2.58. The Morgan fingerprint density at radius 3 is 2.68 bits per heavy atom. The van der Waals surface area contributed by atoms with Gasteiger partial charge in [0.15, 0.2) is 0 Å². The van der Waals surface area contributed by atoms with E-state index in [2.05, 4.69) is 5.32 Å². The van der Waals surface area contributed by atoms with Gasteiger partial charge in [0, 0.05) is 6.42 Å². The van der Waals surface area contributed by atoms with E-state index in [4.69, 9.17) is 9.47 Å². The number of aldehydes is 1. The van der Waals surface area contributed by atoms with Gasteiger partial charge < -0.3 is 19.6 Å². The molecule has 1 N–H and O–H groups in total. The summed E-state index contributed by atoms with van der Waals surface area (Å²) in [6.45, 7) is 7.10. The van der Waals surface area contributed by atoms with Gasteiger partial charge in [0.05, 0.1) is 6.10 Å². The van der Waals surface area contributed by atoms with Crippen molar-refractivity contribution in [1.82, 2.24) is 5.32 Å². The second-order valence-electron chi connectivity index (χ2n) is 6.88. The van der Waals surface area contributed by atoms with Gasteiger partial charge in [-0.2, -0.15) is 0 Å². The van der Waals surface area contributed by atoms with Gasteiger partial charge in [0.25, 0.3) is 0 Å². The number of amides is 1. The van der Waals surface area contributed by atoms with Crippen molar-refractivity contribution in [3.63, 3.8) is 0 Å². The summed E-state index contributed by atoms with van der Waals surface area (Å²) in [6, 6.07) is -0.702.